The number of aromatic nitrogens is 2. The van der Waals surface area contributed by atoms with Crippen LogP contribution in [0.1, 0.15) is 24.7 Å². The van der Waals surface area contributed by atoms with Crippen LogP contribution in [0.2, 0.25) is 10.0 Å². The van der Waals surface area contributed by atoms with Gasteiger partial charge in [-0.05, 0) is 25.1 Å². The highest BCUT2D eigenvalue weighted by Gasteiger charge is 2.09. The van der Waals surface area contributed by atoms with Gasteiger partial charge in [0, 0.05) is 28.0 Å². The SMILES string of the molecule is CCCNCc1nccn1Cc1c(Cl)cccc1Cl. The molecule has 3 nitrogen and oxygen atoms in total. The van der Waals surface area contributed by atoms with Gasteiger partial charge in [0.25, 0.3) is 0 Å². The zero-order valence-electron chi connectivity index (χ0n) is 10.9. The molecule has 19 heavy (non-hydrogen) atoms. The molecule has 0 saturated carbocycles. The molecule has 1 N–H and O–H groups in total. The first-order valence-electron chi connectivity index (χ1n) is 6.36. The second-order valence-electron chi connectivity index (χ2n) is 4.35. The summed E-state index contributed by atoms with van der Waals surface area (Å²) in [4.78, 5) is 4.36. The zero-order valence-corrected chi connectivity index (χ0v) is 12.4. The van der Waals surface area contributed by atoms with Gasteiger partial charge in [0.1, 0.15) is 5.82 Å². The van der Waals surface area contributed by atoms with Crippen LogP contribution in [0, 0.1) is 0 Å². The maximum Gasteiger partial charge on any atom is 0.122 e. The molecule has 102 valence electrons. The van der Waals surface area contributed by atoms with Crippen LogP contribution in [-0.4, -0.2) is 16.1 Å². The Hall–Kier alpha value is -1.03. The maximum absolute atomic E-state index is 6.19. The van der Waals surface area contributed by atoms with E-state index >= 15 is 0 Å². The number of nitrogens with one attached hydrogen (secondary N) is 1. The normalized spacial score (nSPS) is 10.9. The molecule has 0 atom stereocenters. The van der Waals surface area contributed by atoms with Gasteiger partial charge in [0.15, 0.2) is 0 Å². The van der Waals surface area contributed by atoms with Gasteiger partial charge < -0.3 is 9.88 Å². The lowest BCUT2D eigenvalue weighted by molar-refractivity contribution is 0.615. The van der Waals surface area contributed by atoms with Crippen molar-refractivity contribution in [3.05, 3.63) is 52.0 Å². The molecule has 1 aromatic carbocycles. The fourth-order valence-corrected chi connectivity index (χ4v) is 2.40. The summed E-state index contributed by atoms with van der Waals surface area (Å²) in [5.41, 5.74) is 0.931. The molecule has 0 aliphatic rings. The Morgan fingerprint density at radius 3 is 2.68 bits per heavy atom. The van der Waals surface area contributed by atoms with Gasteiger partial charge in [-0.2, -0.15) is 0 Å². The van der Waals surface area contributed by atoms with Gasteiger partial charge >= 0.3 is 0 Å². The van der Waals surface area contributed by atoms with Crippen LogP contribution in [0.5, 0.6) is 0 Å². The Kier molecular flexibility index (Phi) is 5.25. The Morgan fingerprint density at radius 2 is 2.00 bits per heavy atom. The van der Waals surface area contributed by atoms with Gasteiger partial charge in [-0.1, -0.05) is 36.2 Å². The molecule has 0 saturated heterocycles. The molecule has 0 radical (unpaired) electrons. The van der Waals surface area contributed by atoms with Gasteiger partial charge in [-0.3, -0.25) is 0 Å². The molecular formula is C14H17Cl2N3. The summed E-state index contributed by atoms with van der Waals surface area (Å²) in [5.74, 6) is 0.990. The Balaban J connectivity index is 2.13. The van der Waals surface area contributed by atoms with Crippen LogP contribution in [0.3, 0.4) is 0 Å². The number of halogens is 2. The van der Waals surface area contributed by atoms with Crippen molar-refractivity contribution in [3.8, 4) is 0 Å². The van der Waals surface area contributed by atoms with Gasteiger partial charge in [-0.25, -0.2) is 4.98 Å². The van der Waals surface area contributed by atoms with E-state index in [1.807, 2.05) is 24.4 Å². The summed E-state index contributed by atoms with van der Waals surface area (Å²) in [7, 11) is 0. The van der Waals surface area contributed by atoms with Gasteiger partial charge in [0.05, 0.1) is 13.1 Å². The number of benzene rings is 1. The van der Waals surface area contributed by atoms with Crippen molar-refractivity contribution in [1.82, 2.24) is 14.9 Å². The highest BCUT2D eigenvalue weighted by molar-refractivity contribution is 6.35. The highest BCUT2D eigenvalue weighted by atomic mass is 35.5. The molecule has 1 aromatic heterocycles. The number of nitrogens with zero attached hydrogens (tertiary/aromatic N) is 2. The second-order valence-corrected chi connectivity index (χ2v) is 5.16. The average molecular weight is 298 g/mol. The predicted octanol–water partition coefficient (Wildman–Crippen LogP) is 3.74. The van der Waals surface area contributed by atoms with Crippen LogP contribution < -0.4 is 5.32 Å². The summed E-state index contributed by atoms with van der Waals surface area (Å²) in [5, 5.41) is 4.72. The van der Waals surface area contributed by atoms with E-state index in [4.69, 9.17) is 23.2 Å². The van der Waals surface area contributed by atoms with Crippen LogP contribution in [-0.2, 0) is 13.1 Å². The first-order chi connectivity index (χ1) is 9.22. The molecule has 0 aliphatic carbocycles. The Morgan fingerprint density at radius 1 is 1.26 bits per heavy atom. The largest absolute Gasteiger partial charge is 0.329 e. The lowest BCUT2D eigenvalue weighted by Gasteiger charge is -2.11. The summed E-state index contributed by atoms with van der Waals surface area (Å²) >= 11 is 12.4. The van der Waals surface area contributed by atoms with E-state index < -0.39 is 0 Å². The number of imidazole rings is 1. The fourth-order valence-electron chi connectivity index (χ4n) is 1.88. The maximum atomic E-state index is 6.19. The minimum absolute atomic E-state index is 0.641. The molecule has 0 bridgehead atoms. The predicted molar refractivity (Wildman–Crippen MR) is 79.8 cm³/mol. The van der Waals surface area contributed by atoms with E-state index in [0.717, 1.165) is 30.9 Å². The average Bonchev–Trinajstić information content (AvgIpc) is 2.82. The first kappa shape index (κ1) is 14.4. The summed E-state index contributed by atoms with van der Waals surface area (Å²) in [6, 6.07) is 5.56. The van der Waals surface area contributed by atoms with E-state index in [0.29, 0.717) is 16.6 Å². The molecule has 0 amide bonds. The third-order valence-electron chi connectivity index (χ3n) is 2.90. The molecule has 0 aliphatic heterocycles. The minimum atomic E-state index is 0.641. The molecular weight excluding hydrogens is 281 g/mol. The van der Waals surface area contributed by atoms with E-state index in [9.17, 15) is 0 Å². The first-order valence-corrected chi connectivity index (χ1v) is 7.11. The van der Waals surface area contributed by atoms with Gasteiger partial charge in [0.2, 0.25) is 0 Å². The summed E-state index contributed by atoms with van der Waals surface area (Å²) < 4.78 is 2.07. The quantitative estimate of drug-likeness (QED) is 0.823. The lowest BCUT2D eigenvalue weighted by atomic mass is 10.2. The number of hydrogen-bond acceptors (Lipinski definition) is 2. The van der Waals surface area contributed by atoms with E-state index in [2.05, 4.69) is 21.8 Å². The monoisotopic (exact) mass is 297 g/mol. The summed E-state index contributed by atoms with van der Waals surface area (Å²) in [6.45, 7) is 4.52. The van der Waals surface area contributed by atoms with Crippen molar-refractivity contribution >= 4 is 23.2 Å². The molecule has 0 fully saturated rings. The third-order valence-corrected chi connectivity index (χ3v) is 3.61. The van der Waals surface area contributed by atoms with Crippen LogP contribution >= 0.6 is 23.2 Å². The molecule has 1 heterocycles. The van der Waals surface area contributed by atoms with Crippen molar-refractivity contribution in [1.29, 1.82) is 0 Å². The van der Waals surface area contributed by atoms with Crippen molar-refractivity contribution in [3.63, 3.8) is 0 Å². The van der Waals surface area contributed by atoms with Crippen molar-refractivity contribution in [2.75, 3.05) is 6.54 Å². The van der Waals surface area contributed by atoms with Crippen molar-refractivity contribution in [2.24, 2.45) is 0 Å². The number of rotatable bonds is 6. The van der Waals surface area contributed by atoms with E-state index in [-0.39, 0.29) is 0 Å². The van der Waals surface area contributed by atoms with E-state index in [1.165, 1.54) is 0 Å². The molecule has 2 rings (SSSR count). The summed E-state index contributed by atoms with van der Waals surface area (Å²) in [6.07, 6.45) is 4.85. The Labute approximate surface area is 123 Å². The lowest BCUT2D eigenvalue weighted by Crippen LogP contribution is -2.18. The van der Waals surface area contributed by atoms with Crippen LogP contribution in [0.15, 0.2) is 30.6 Å². The molecule has 0 spiro atoms. The topological polar surface area (TPSA) is 29.9 Å². The number of hydrogen-bond donors (Lipinski definition) is 1. The van der Waals surface area contributed by atoms with Crippen molar-refractivity contribution < 1.29 is 0 Å². The van der Waals surface area contributed by atoms with Crippen LogP contribution in [0.4, 0.5) is 0 Å². The van der Waals surface area contributed by atoms with Crippen LogP contribution in [0.25, 0.3) is 0 Å². The molecule has 0 unspecified atom stereocenters. The fraction of sp³-hybridized carbons (Fsp3) is 0.357. The molecule has 2 aromatic rings. The minimum Gasteiger partial charge on any atom is -0.329 e. The molecule has 5 heteroatoms. The Bertz CT molecular complexity index is 517. The van der Waals surface area contributed by atoms with E-state index in [1.54, 1.807) is 6.20 Å². The van der Waals surface area contributed by atoms with Crippen molar-refractivity contribution in [2.45, 2.75) is 26.4 Å². The van der Waals surface area contributed by atoms with Gasteiger partial charge in [-0.15, -0.1) is 0 Å². The zero-order chi connectivity index (χ0) is 13.7. The highest BCUT2D eigenvalue weighted by Crippen LogP contribution is 2.25. The third kappa shape index (κ3) is 3.72. The second kappa shape index (κ2) is 6.94. The smallest absolute Gasteiger partial charge is 0.122 e. The standard InChI is InChI=1S/C14H17Cl2N3/c1-2-6-17-9-14-18-7-8-19(14)10-11-12(15)4-3-5-13(11)16/h3-5,7-8,17H,2,6,9-10H2,1H3.